The minimum atomic E-state index is -0.530. The third-order valence-electron chi connectivity index (χ3n) is 3.76. The number of rotatable bonds is 5. The molecule has 0 N–H and O–H groups in total. The molecule has 2 aromatic carbocycles. The predicted octanol–water partition coefficient (Wildman–Crippen LogP) is 3.92. The summed E-state index contributed by atoms with van der Waals surface area (Å²) in [4.78, 5) is 23.0. The highest BCUT2D eigenvalue weighted by molar-refractivity contribution is 6.00. The highest BCUT2D eigenvalue weighted by Gasteiger charge is 2.17. The first kappa shape index (κ1) is 15.8. The fourth-order valence-corrected chi connectivity index (χ4v) is 2.59. The minimum Gasteiger partial charge on any atom is -0.485 e. The molecule has 5 heteroatoms. The summed E-state index contributed by atoms with van der Waals surface area (Å²) in [6, 6.07) is 13.0. The third-order valence-corrected chi connectivity index (χ3v) is 3.76. The van der Waals surface area contributed by atoms with Crippen molar-refractivity contribution in [2.75, 3.05) is 7.11 Å². The first-order valence-electron chi connectivity index (χ1n) is 7.41. The topological polar surface area (TPSA) is 65.7 Å². The van der Waals surface area contributed by atoms with Gasteiger partial charge in [-0.2, -0.15) is 0 Å². The van der Waals surface area contributed by atoms with Crippen molar-refractivity contribution in [1.29, 1.82) is 0 Å². The van der Waals surface area contributed by atoms with Crippen molar-refractivity contribution in [3.05, 3.63) is 65.1 Å². The van der Waals surface area contributed by atoms with E-state index >= 15 is 0 Å². The van der Waals surface area contributed by atoms with Crippen LogP contribution in [0.4, 0.5) is 0 Å². The van der Waals surface area contributed by atoms with Gasteiger partial charge in [0.25, 0.3) is 0 Å². The molecule has 0 aliphatic carbocycles. The number of ether oxygens (including phenoxy) is 2. The summed E-state index contributed by atoms with van der Waals surface area (Å²) in [6.07, 6.45) is 0.783. The number of aldehydes is 1. The number of carbonyl (C=O) groups is 2. The van der Waals surface area contributed by atoms with E-state index in [1.807, 2.05) is 30.3 Å². The lowest BCUT2D eigenvalue weighted by Crippen LogP contribution is -2.01. The molecule has 0 spiro atoms. The zero-order valence-corrected chi connectivity index (χ0v) is 13.4. The highest BCUT2D eigenvalue weighted by atomic mass is 16.5. The van der Waals surface area contributed by atoms with Crippen LogP contribution < -0.4 is 4.74 Å². The molecule has 3 rings (SSSR count). The SMILES string of the molecule is COC(=O)c1oc(COc2ccc3ccccc3c2C=O)cc1C. The van der Waals surface area contributed by atoms with Crippen LogP contribution in [0.2, 0.25) is 0 Å². The van der Waals surface area contributed by atoms with Crippen molar-refractivity contribution >= 4 is 23.0 Å². The number of benzene rings is 2. The van der Waals surface area contributed by atoms with E-state index in [1.54, 1.807) is 19.1 Å². The first-order chi connectivity index (χ1) is 11.6. The molecular weight excluding hydrogens is 308 g/mol. The second-order valence-corrected chi connectivity index (χ2v) is 5.32. The van der Waals surface area contributed by atoms with Gasteiger partial charge in [-0.25, -0.2) is 4.79 Å². The third kappa shape index (κ3) is 2.88. The van der Waals surface area contributed by atoms with Crippen LogP contribution in [-0.2, 0) is 11.3 Å². The molecule has 0 radical (unpaired) electrons. The Bertz CT molecular complexity index is 907. The summed E-state index contributed by atoms with van der Waals surface area (Å²) >= 11 is 0. The van der Waals surface area contributed by atoms with Gasteiger partial charge in [0.1, 0.15) is 18.1 Å². The van der Waals surface area contributed by atoms with Gasteiger partial charge in [0.05, 0.1) is 12.7 Å². The molecule has 24 heavy (non-hydrogen) atoms. The van der Waals surface area contributed by atoms with Crippen LogP contribution in [0.25, 0.3) is 10.8 Å². The van der Waals surface area contributed by atoms with Gasteiger partial charge < -0.3 is 13.9 Å². The molecule has 0 amide bonds. The molecule has 0 saturated heterocycles. The predicted molar refractivity (Wildman–Crippen MR) is 88.5 cm³/mol. The van der Waals surface area contributed by atoms with E-state index in [2.05, 4.69) is 4.74 Å². The number of fused-ring (bicyclic) bond motifs is 1. The molecule has 1 heterocycles. The molecular formula is C19H16O5. The monoisotopic (exact) mass is 324 g/mol. The van der Waals surface area contributed by atoms with Crippen molar-refractivity contribution < 1.29 is 23.5 Å². The number of carbonyl (C=O) groups excluding carboxylic acids is 2. The zero-order valence-electron chi connectivity index (χ0n) is 13.4. The van der Waals surface area contributed by atoms with Crippen LogP contribution in [0.5, 0.6) is 5.75 Å². The summed E-state index contributed by atoms with van der Waals surface area (Å²) < 4.78 is 15.8. The van der Waals surface area contributed by atoms with Crippen molar-refractivity contribution in [1.82, 2.24) is 0 Å². The molecule has 0 unspecified atom stereocenters. The van der Waals surface area contributed by atoms with Crippen LogP contribution in [0.15, 0.2) is 46.9 Å². The lowest BCUT2D eigenvalue weighted by atomic mass is 10.0. The van der Waals surface area contributed by atoms with Gasteiger partial charge in [-0.15, -0.1) is 0 Å². The number of aryl methyl sites for hydroxylation is 1. The Morgan fingerprint density at radius 3 is 2.75 bits per heavy atom. The largest absolute Gasteiger partial charge is 0.485 e. The number of furan rings is 1. The zero-order chi connectivity index (χ0) is 17.1. The van der Waals surface area contributed by atoms with E-state index < -0.39 is 5.97 Å². The Morgan fingerprint density at radius 1 is 1.21 bits per heavy atom. The fourth-order valence-electron chi connectivity index (χ4n) is 2.59. The van der Waals surface area contributed by atoms with Crippen LogP contribution in [-0.4, -0.2) is 19.4 Å². The molecule has 122 valence electrons. The van der Waals surface area contributed by atoms with E-state index in [9.17, 15) is 9.59 Å². The second-order valence-electron chi connectivity index (χ2n) is 5.32. The van der Waals surface area contributed by atoms with E-state index in [0.29, 0.717) is 22.6 Å². The molecule has 0 saturated carbocycles. The van der Waals surface area contributed by atoms with Gasteiger partial charge in [-0.05, 0) is 29.8 Å². The molecule has 0 fully saturated rings. The Hall–Kier alpha value is -3.08. The maximum atomic E-state index is 11.6. The number of esters is 1. The normalized spacial score (nSPS) is 10.6. The van der Waals surface area contributed by atoms with Gasteiger partial charge in [-0.3, -0.25) is 4.79 Å². The number of hydrogen-bond acceptors (Lipinski definition) is 5. The van der Waals surface area contributed by atoms with Crippen molar-refractivity contribution in [3.8, 4) is 5.75 Å². The Balaban J connectivity index is 1.86. The average Bonchev–Trinajstić information content (AvgIpc) is 2.99. The van der Waals surface area contributed by atoms with E-state index in [4.69, 9.17) is 9.15 Å². The molecule has 0 bridgehead atoms. The average molecular weight is 324 g/mol. The summed E-state index contributed by atoms with van der Waals surface area (Å²) in [5.41, 5.74) is 1.17. The van der Waals surface area contributed by atoms with Gasteiger partial charge in [-0.1, -0.05) is 30.3 Å². The first-order valence-corrected chi connectivity index (χ1v) is 7.41. The maximum Gasteiger partial charge on any atom is 0.374 e. The Morgan fingerprint density at radius 2 is 2.00 bits per heavy atom. The molecule has 0 atom stereocenters. The summed E-state index contributed by atoms with van der Waals surface area (Å²) in [6.45, 7) is 1.86. The summed E-state index contributed by atoms with van der Waals surface area (Å²) in [5, 5.41) is 1.80. The molecule has 3 aromatic rings. The van der Waals surface area contributed by atoms with Crippen molar-refractivity contribution in [3.63, 3.8) is 0 Å². The van der Waals surface area contributed by atoms with E-state index in [1.165, 1.54) is 7.11 Å². The molecule has 5 nitrogen and oxygen atoms in total. The van der Waals surface area contributed by atoms with Crippen molar-refractivity contribution in [2.24, 2.45) is 0 Å². The van der Waals surface area contributed by atoms with Crippen LogP contribution >= 0.6 is 0 Å². The van der Waals surface area contributed by atoms with E-state index in [-0.39, 0.29) is 12.4 Å². The van der Waals surface area contributed by atoms with Gasteiger partial charge in [0.15, 0.2) is 6.29 Å². The van der Waals surface area contributed by atoms with Crippen molar-refractivity contribution in [2.45, 2.75) is 13.5 Å². The summed E-state index contributed by atoms with van der Waals surface area (Å²) in [5.74, 6) is 0.582. The Kier molecular flexibility index (Phi) is 4.33. The van der Waals surface area contributed by atoms with Gasteiger partial charge in [0, 0.05) is 5.56 Å². The van der Waals surface area contributed by atoms with Crippen LogP contribution in [0.1, 0.15) is 32.2 Å². The minimum absolute atomic E-state index is 0.108. The van der Waals surface area contributed by atoms with E-state index in [0.717, 1.165) is 17.1 Å². The summed E-state index contributed by atoms with van der Waals surface area (Å²) in [7, 11) is 1.30. The lowest BCUT2D eigenvalue weighted by Gasteiger charge is -2.09. The van der Waals surface area contributed by atoms with Crippen LogP contribution in [0, 0.1) is 6.92 Å². The standard InChI is InChI=1S/C19H16O5/c1-12-9-14(24-18(12)19(21)22-2)11-23-17-8-7-13-5-3-4-6-15(13)16(17)10-20/h3-10H,11H2,1-2H3. The highest BCUT2D eigenvalue weighted by Crippen LogP contribution is 2.27. The Labute approximate surface area is 138 Å². The van der Waals surface area contributed by atoms with Crippen LogP contribution in [0.3, 0.4) is 0 Å². The molecule has 1 aromatic heterocycles. The number of hydrogen-bond donors (Lipinski definition) is 0. The van der Waals surface area contributed by atoms with Gasteiger partial charge >= 0.3 is 5.97 Å². The second kappa shape index (κ2) is 6.58. The number of methoxy groups -OCH3 is 1. The quantitative estimate of drug-likeness (QED) is 0.526. The molecule has 0 aliphatic rings. The van der Waals surface area contributed by atoms with Gasteiger partial charge in [0.2, 0.25) is 5.76 Å². The fraction of sp³-hybridized carbons (Fsp3) is 0.158. The smallest absolute Gasteiger partial charge is 0.374 e. The lowest BCUT2D eigenvalue weighted by molar-refractivity contribution is 0.0559. The maximum absolute atomic E-state index is 11.6. The molecule has 0 aliphatic heterocycles.